The van der Waals surface area contributed by atoms with Gasteiger partial charge in [0.1, 0.15) is 18.3 Å². The van der Waals surface area contributed by atoms with E-state index in [0.717, 1.165) is 0 Å². The van der Waals surface area contributed by atoms with Gasteiger partial charge in [-0.1, -0.05) is 34.6 Å². The quantitative estimate of drug-likeness (QED) is 0.465. The predicted molar refractivity (Wildman–Crippen MR) is 121 cm³/mol. The van der Waals surface area contributed by atoms with Gasteiger partial charge in [0.05, 0.1) is 12.9 Å². The van der Waals surface area contributed by atoms with Crippen molar-refractivity contribution in [3.8, 4) is 0 Å². The third-order valence-corrected chi connectivity index (χ3v) is 10.7. The molecule has 0 unspecified atom stereocenters. The highest BCUT2D eigenvalue weighted by Gasteiger charge is 2.50. The topological polar surface area (TPSA) is 152 Å². The van der Waals surface area contributed by atoms with E-state index in [1.807, 2.05) is 0 Å². The Balaban J connectivity index is 1.97. The van der Waals surface area contributed by atoms with E-state index >= 15 is 0 Å². The number of hydrogen-bond donors (Lipinski definition) is 4. The molecule has 11 nitrogen and oxygen atoms in total. The number of H-pyrrole nitrogens is 1. The summed E-state index contributed by atoms with van der Waals surface area (Å²) in [5, 5.41) is 23.4. The summed E-state index contributed by atoms with van der Waals surface area (Å²) >= 11 is 0. The lowest BCUT2D eigenvalue weighted by molar-refractivity contribution is -0.118. The number of rotatable bonds is 6. The molecule has 1 amide bonds. The first-order valence-electron chi connectivity index (χ1n) is 10.7. The number of nitrogens with zero attached hydrogens (tertiary/aromatic N) is 3. The van der Waals surface area contributed by atoms with Gasteiger partial charge in [-0.2, -0.15) is 4.98 Å². The minimum atomic E-state index is -2.28. The van der Waals surface area contributed by atoms with Crippen LogP contribution < -0.4 is 10.9 Å². The van der Waals surface area contributed by atoms with Gasteiger partial charge in [0, 0.05) is 5.92 Å². The van der Waals surface area contributed by atoms with Crippen LogP contribution in [-0.2, 0) is 14.0 Å². The number of aliphatic hydroxyl groups is 2. The molecule has 1 aliphatic rings. The monoisotopic (exact) mass is 467 g/mol. The van der Waals surface area contributed by atoms with Gasteiger partial charge in [-0.15, -0.1) is 0 Å². The molecule has 12 heteroatoms. The van der Waals surface area contributed by atoms with Crippen molar-refractivity contribution < 1.29 is 24.2 Å². The molecule has 4 atom stereocenters. The van der Waals surface area contributed by atoms with Gasteiger partial charge in [-0.25, -0.2) is 4.98 Å². The summed E-state index contributed by atoms with van der Waals surface area (Å²) in [7, 11) is -2.28. The van der Waals surface area contributed by atoms with Gasteiger partial charge in [0.15, 0.2) is 25.7 Å². The second kappa shape index (κ2) is 8.67. The van der Waals surface area contributed by atoms with Crippen molar-refractivity contribution in [2.75, 3.05) is 11.9 Å². The van der Waals surface area contributed by atoms with Crippen molar-refractivity contribution >= 4 is 31.3 Å². The normalized spacial score (nSPS) is 24.4. The highest BCUT2D eigenvalue weighted by atomic mass is 28.4. The summed E-state index contributed by atoms with van der Waals surface area (Å²) in [6, 6.07) is 0. The van der Waals surface area contributed by atoms with E-state index in [1.165, 1.54) is 10.9 Å². The highest BCUT2D eigenvalue weighted by Crippen LogP contribution is 2.41. The zero-order chi connectivity index (χ0) is 24.0. The minimum Gasteiger partial charge on any atom is -0.408 e. The second-order valence-corrected chi connectivity index (χ2v) is 14.7. The summed E-state index contributed by atoms with van der Waals surface area (Å²) < 4.78 is 13.7. The van der Waals surface area contributed by atoms with Crippen molar-refractivity contribution in [2.24, 2.45) is 5.92 Å². The Morgan fingerprint density at radius 3 is 2.62 bits per heavy atom. The number of carbonyl (C=O) groups excluding carboxylic acids is 1. The van der Waals surface area contributed by atoms with E-state index < -0.39 is 38.4 Å². The fraction of sp³-hybridized carbons (Fsp3) is 0.700. The van der Waals surface area contributed by atoms with Crippen LogP contribution in [0.4, 0.5) is 5.95 Å². The molecule has 2 aromatic heterocycles. The second-order valence-electron chi connectivity index (χ2n) is 9.96. The van der Waals surface area contributed by atoms with Crippen LogP contribution >= 0.6 is 0 Å². The van der Waals surface area contributed by atoms with Crippen LogP contribution in [0, 0.1) is 5.92 Å². The van der Waals surface area contributed by atoms with Gasteiger partial charge >= 0.3 is 0 Å². The third-order valence-electron chi connectivity index (χ3n) is 6.20. The maximum Gasteiger partial charge on any atom is 0.280 e. The summed E-state index contributed by atoms with van der Waals surface area (Å²) in [6.07, 6.45) is -2.28. The zero-order valence-electron chi connectivity index (χ0n) is 19.5. The van der Waals surface area contributed by atoms with E-state index in [-0.39, 0.29) is 40.6 Å². The Morgan fingerprint density at radius 2 is 2.06 bits per heavy atom. The highest BCUT2D eigenvalue weighted by molar-refractivity contribution is 6.74. The number of fused-ring (bicyclic) bond motifs is 1. The van der Waals surface area contributed by atoms with Gasteiger partial charge in [-0.3, -0.25) is 24.5 Å². The SMILES string of the molecule is CC(C)C(=O)Nc1nc2c(ncn2[C@@H]2O[C@H](CO)[C@@H](O[Si](C)(C)C(C)(C)C)[C@H]2O)c(=O)[nH]1. The molecule has 4 N–H and O–H groups in total. The van der Waals surface area contributed by atoms with Crippen LogP contribution in [0.15, 0.2) is 11.1 Å². The van der Waals surface area contributed by atoms with E-state index in [4.69, 9.17) is 9.16 Å². The Bertz CT molecular complexity index is 1040. The first-order valence-corrected chi connectivity index (χ1v) is 13.6. The molecule has 0 bridgehead atoms. The van der Waals surface area contributed by atoms with E-state index in [0.29, 0.717) is 0 Å². The fourth-order valence-corrected chi connectivity index (χ4v) is 4.52. The van der Waals surface area contributed by atoms with Gasteiger partial charge < -0.3 is 19.4 Å². The molecule has 0 saturated carbocycles. The van der Waals surface area contributed by atoms with Crippen molar-refractivity contribution in [3.05, 3.63) is 16.7 Å². The van der Waals surface area contributed by atoms with Gasteiger partial charge in [0.25, 0.3) is 5.56 Å². The lowest BCUT2D eigenvalue weighted by Gasteiger charge is -2.39. The number of carbonyl (C=O) groups is 1. The predicted octanol–water partition coefficient (Wildman–Crippen LogP) is 1.36. The first-order chi connectivity index (χ1) is 14.8. The summed E-state index contributed by atoms with van der Waals surface area (Å²) in [6.45, 7) is 13.5. The molecular formula is C20H33N5O6Si. The summed E-state index contributed by atoms with van der Waals surface area (Å²) in [5.41, 5.74) is -0.354. The molecule has 2 aromatic rings. The van der Waals surface area contributed by atoms with Gasteiger partial charge in [0.2, 0.25) is 11.9 Å². The van der Waals surface area contributed by atoms with Crippen molar-refractivity contribution in [3.63, 3.8) is 0 Å². The number of amides is 1. The largest absolute Gasteiger partial charge is 0.408 e. The number of nitrogens with one attached hydrogen (secondary N) is 2. The summed E-state index contributed by atoms with van der Waals surface area (Å²) in [4.78, 5) is 35.4. The van der Waals surface area contributed by atoms with Crippen LogP contribution in [0.5, 0.6) is 0 Å². The zero-order valence-corrected chi connectivity index (χ0v) is 20.5. The lowest BCUT2D eigenvalue weighted by atomic mass is 10.1. The third kappa shape index (κ3) is 4.50. The molecule has 3 heterocycles. The molecular weight excluding hydrogens is 434 g/mol. The Morgan fingerprint density at radius 1 is 1.41 bits per heavy atom. The van der Waals surface area contributed by atoms with E-state index in [2.05, 4.69) is 54.1 Å². The molecule has 0 spiro atoms. The van der Waals surface area contributed by atoms with Crippen LogP contribution in [0.25, 0.3) is 11.2 Å². The van der Waals surface area contributed by atoms with Crippen LogP contribution in [0.3, 0.4) is 0 Å². The molecule has 0 radical (unpaired) electrons. The molecule has 0 aliphatic carbocycles. The molecule has 0 aromatic carbocycles. The maximum absolute atomic E-state index is 12.5. The molecule has 3 rings (SSSR count). The van der Waals surface area contributed by atoms with Crippen molar-refractivity contribution in [1.82, 2.24) is 19.5 Å². The number of anilines is 1. The maximum atomic E-state index is 12.5. The number of aliphatic hydroxyl groups excluding tert-OH is 2. The Kier molecular flexibility index (Phi) is 6.64. The molecule has 1 fully saturated rings. The minimum absolute atomic E-state index is 0.0248. The number of aromatic amines is 1. The number of imidazole rings is 1. The molecule has 178 valence electrons. The Labute approximate surface area is 187 Å². The average molecular weight is 468 g/mol. The number of hydrogen-bond acceptors (Lipinski definition) is 8. The van der Waals surface area contributed by atoms with Crippen LogP contribution in [0.1, 0.15) is 40.8 Å². The van der Waals surface area contributed by atoms with Crippen molar-refractivity contribution in [2.45, 2.75) is 77.3 Å². The van der Waals surface area contributed by atoms with Crippen LogP contribution in [-0.4, -0.2) is 68.9 Å². The smallest absolute Gasteiger partial charge is 0.280 e. The van der Waals surface area contributed by atoms with Crippen molar-refractivity contribution in [1.29, 1.82) is 0 Å². The van der Waals surface area contributed by atoms with E-state index in [1.54, 1.807) is 13.8 Å². The molecule has 1 saturated heterocycles. The first kappa shape index (κ1) is 24.5. The molecule has 32 heavy (non-hydrogen) atoms. The Hall–Kier alpha value is -2.12. The summed E-state index contributed by atoms with van der Waals surface area (Å²) in [5.74, 6) is -0.637. The average Bonchev–Trinajstić information content (AvgIpc) is 3.22. The number of aromatic nitrogens is 4. The van der Waals surface area contributed by atoms with E-state index in [9.17, 15) is 19.8 Å². The standard InChI is InChI=1S/C20H33N5O6Si/c1-10(2)16(28)23-19-22-15-12(17(29)24-19)21-9-25(15)18-13(27)14(11(8-26)30-18)31-32(6,7)20(3,4)5/h9-11,13-14,18,26-27H,8H2,1-7H3,(H2,22,23,24,28,29)/t11-,13-,14-,18-/m1/s1. The fourth-order valence-electron chi connectivity index (χ4n) is 3.19. The van der Waals surface area contributed by atoms with Crippen LogP contribution in [0.2, 0.25) is 18.1 Å². The molecule has 1 aliphatic heterocycles. The van der Waals surface area contributed by atoms with Gasteiger partial charge in [-0.05, 0) is 18.1 Å². The lowest BCUT2D eigenvalue weighted by Crippen LogP contribution is -2.49. The number of ether oxygens (including phenoxy) is 1.